The van der Waals surface area contributed by atoms with Gasteiger partial charge in [-0.3, -0.25) is 14.6 Å². The first kappa shape index (κ1) is 55.8. The molecule has 0 aromatic heterocycles. The van der Waals surface area contributed by atoms with E-state index in [-0.39, 0.29) is 51.9 Å². The van der Waals surface area contributed by atoms with Crippen molar-refractivity contribution >= 4 is 69.4 Å². The highest BCUT2D eigenvalue weighted by Crippen LogP contribution is 2.40. The summed E-state index contributed by atoms with van der Waals surface area (Å²) in [7, 11) is 0. The minimum Gasteiger partial charge on any atom is -0.491 e. The zero-order valence-corrected chi connectivity index (χ0v) is 43.0. The molecule has 11 nitrogen and oxygen atoms in total. The van der Waals surface area contributed by atoms with Crippen molar-refractivity contribution in [1.82, 2.24) is 9.80 Å². The summed E-state index contributed by atoms with van der Waals surface area (Å²) in [5, 5.41) is 20.7. The van der Waals surface area contributed by atoms with E-state index in [1.807, 2.05) is 78.9 Å². The van der Waals surface area contributed by atoms with Crippen LogP contribution in [-0.4, -0.2) is 105 Å². The van der Waals surface area contributed by atoms with E-state index in [2.05, 4.69) is 74.7 Å². The number of primary amides is 1. The van der Waals surface area contributed by atoms with Crippen molar-refractivity contribution in [3.63, 3.8) is 0 Å². The molecule has 4 atom stereocenters. The number of benzene rings is 6. The molecule has 0 spiro atoms. The Balaban J connectivity index is 0.000000232. The normalized spacial score (nSPS) is 16.9. The molecule has 2 aliphatic rings. The molecular formula is C57H64Cl4N6O5. The van der Waals surface area contributed by atoms with Crippen molar-refractivity contribution in [3.05, 3.63) is 193 Å². The standard InChI is InChI=1S/C28H31Cl2N3O3.C28H29Cl2N3O2.CH4/c1-19(20-2-4-22(5-3-20)28(31)35)17-32-12-13-33(27(18-32)21-6-8-23(29)9-7-21)26-11-10-24(16-25(26)30)36-15-14-34;1-20(21-5-9-24(31-2)10-6-21)18-32-13-14-33(28(19-32)22-3-7-23(29)8-4-22)27-12-11-25(17-26(27)30)35-16-15-34;/h2-11,16,19,27,34H,12-15,17-18H2,1H3,(H2,31,35);3-12,17,20,28,34H,13-16,18-19H2,1H3;1H4/t19-,27-;20-,28-;/m00./s1. The smallest absolute Gasteiger partial charge is 0.248 e. The van der Waals surface area contributed by atoms with E-state index in [1.54, 1.807) is 18.2 Å². The lowest BCUT2D eigenvalue weighted by molar-refractivity contribution is 0.1000. The first-order chi connectivity index (χ1) is 34.3. The Bertz CT molecular complexity index is 2710. The fourth-order valence-electron chi connectivity index (χ4n) is 9.31. The number of carbonyl (C=O) groups excluding carboxylic acids is 1. The van der Waals surface area contributed by atoms with Crippen molar-refractivity contribution in [2.45, 2.75) is 45.2 Å². The lowest BCUT2D eigenvalue weighted by Crippen LogP contribution is -2.49. The Morgan fingerprint density at radius 1 is 0.625 bits per heavy atom. The molecule has 2 fully saturated rings. The number of aliphatic hydroxyl groups is 2. The fraction of sp³-hybridized carbons (Fsp3) is 0.333. The molecule has 0 aliphatic carbocycles. The second kappa shape index (κ2) is 27.0. The molecular weight excluding hydrogens is 990 g/mol. The van der Waals surface area contributed by atoms with Crippen LogP contribution >= 0.6 is 46.4 Å². The van der Waals surface area contributed by atoms with Gasteiger partial charge in [0.15, 0.2) is 5.69 Å². The first-order valence-electron chi connectivity index (χ1n) is 23.8. The summed E-state index contributed by atoms with van der Waals surface area (Å²) < 4.78 is 11.1. The molecule has 72 heavy (non-hydrogen) atoms. The van der Waals surface area contributed by atoms with Gasteiger partial charge in [0.25, 0.3) is 0 Å². The summed E-state index contributed by atoms with van der Waals surface area (Å²) >= 11 is 25.8. The van der Waals surface area contributed by atoms with Gasteiger partial charge in [-0.25, -0.2) is 4.85 Å². The number of nitrogens with two attached hydrogens (primary N) is 1. The van der Waals surface area contributed by atoms with E-state index < -0.39 is 5.91 Å². The van der Waals surface area contributed by atoms with E-state index in [0.717, 1.165) is 63.7 Å². The van der Waals surface area contributed by atoms with E-state index in [0.29, 0.717) is 48.8 Å². The van der Waals surface area contributed by atoms with Crippen LogP contribution in [0.5, 0.6) is 11.5 Å². The summed E-state index contributed by atoms with van der Waals surface area (Å²) in [4.78, 5) is 24.6. The summed E-state index contributed by atoms with van der Waals surface area (Å²) in [5.41, 5.74) is 13.2. The highest BCUT2D eigenvalue weighted by molar-refractivity contribution is 6.34. The molecule has 0 bridgehead atoms. The number of hydrogen-bond donors (Lipinski definition) is 3. The Morgan fingerprint density at radius 3 is 1.39 bits per heavy atom. The van der Waals surface area contributed by atoms with E-state index in [4.69, 9.17) is 78.4 Å². The number of amides is 1. The average Bonchev–Trinajstić information content (AvgIpc) is 3.38. The van der Waals surface area contributed by atoms with Crippen LogP contribution in [0.25, 0.3) is 4.85 Å². The zero-order chi connectivity index (χ0) is 50.4. The number of hydrogen-bond acceptors (Lipinski definition) is 9. The van der Waals surface area contributed by atoms with Crippen molar-refractivity contribution in [1.29, 1.82) is 0 Å². The lowest BCUT2D eigenvalue weighted by Gasteiger charge is -2.44. The number of rotatable bonds is 17. The van der Waals surface area contributed by atoms with Gasteiger partial charge < -0.3 is 35.2 Å². The van der Waals surface area contributed by atoms with Gasteiger partial charge in [-0.15, -0.1) is 0 Å². The maximum Gasteiger partial charge on any atom is 0.248 e. The molecule has 0 unspecified atom stereocenters. The summed E-state index contributed by atoms with van der Waals surface area (Å²) in [5.74, 6) is 1.50. The third-order valence-corrected chi connectivity index (χ3v) is 14.1. The largest absolute Gasteiger partial charge is 0.491 e. The maximum absolute atomic E-state index is 11.4. The van der Waals surface area contributed by atoms with Gasteiger partial charge in [-0.2, -0.15) is 0 Å². The molecule has 2 saturated heterocycles. The van der Waals surface area contributed by atoms with E-state index in [9.17, 15) is 4.79 Å². The van der Waals surface area contributed by atoms with Crippen LogP contribution < -0.4 is 25.0 Å². The van der Waals surface area contributed by atoms with Crippen LogP contribution in [0.4, 0.5) is 17.1 Å². The van der Waals surface area contributed by atoms with E-state index >= 15 is 0 Å². The van der Waals surface area contributed by atoms with Gasteiger partial charge in [-0.05, 0) is 94.8 Å². The third-order valence-electron chi connectivity index (χ3n) is 13.0. The Morgan fingerprint density at radius 2 is 1.03 bits per heavy atom. The predicted molar refractivity (Wildman–Crippen MR) is 295 cm³/mol. The molecule has 1 amide bonds. The lowest BCUT2D eigenvalue weighted by atomic mass is 9.96. The van der Waals surface area contributed by atoms with Crippen LogP contribution in [-0.2, 0) is 0 Å². The Kier molecular flexibility index (Phi) is 20.9. The third kappa shape index (κ3) is 14.8. The fourth-order valence-corrected chi connectivity index (χ4v) is 10.1. The molecule has 4 N–H and O–H groups in total. The Hall–Kier alpha value is -5.52. The SMILES string of the molecule is C.C[C@@H](CN1CCN(c2ccc(OCCO)cc2Cl)[C@H](c2ccc(Cl)cc2)C1)c1ccc(C(N)=O)cc1.[C-]#[N+]c1ccc([C@@H](C)CN2CCN(c3ccc(OCCO)cc3Cl)[C@H](c3ccc(Cl)cc3)C2)cc1. The molecule has 0 radical (unpaired) electrons. The van der Waals surface area contributed by atoms with Gasteiger partial charge in [-0.1, -0.05) is 128 Å². The highest BCUT2D eigenvalue weighted by atomic mass is 35.5. The van der Waals surface area contributed by atoms with Gasteiger partial charge >= 0.3 is 0 Å². The van der Waals surface area contributed by atoms with Gasteiger partial charge in [0.05, 0.1) is 53.3 Å². The second-order valence-electron chi connectivity index (χ2n) is 17.9. The molecule has 8 rings (SSSR count). The topological polar surface area (TPSA) is 119 Å². The minimum atomic E-state index is -0.414. The molecule has 0 saturated carbocycles. The zero-order valence-electron chi connectivity index (χ0n) is 39.9. The van der Waals surface area contributed by atoms with Crippen LogP contribution in [0.2, 0.25) is 20.1 Å². The number of ether oxygens (including phenoxy) is 2. The number of carbonyl (C=O) groups is 1. The quantitative estimate of drug-likeness (QED) is 0.0767. The van der Waals surface area contributed by atoms with Gasteiger partial charge in [0.1, 0.15) is 24.7 Å². The molecule has 15 heteroatoms. The molecule has 6 aromatic rings. The minimum absolute atomic E-state index is 0. The monoisotopic (exact) mass is 1050 g/mol. The molecule has 380 valence electrons. The average molecular weight is 1050 g/mol. The summed E-state index contributed by atoms with van der Waals surface area (Å²) in [6.07, 6.45) is 0. The van der Waals surface area contributed by atoms with Crippen molar-refractivity contribution in [3.8, 4) is 11.5 Å². The number of halogens is 4. The van der Waals surface area contributed by atoms with Crippen molar-refractivity contribution < 1.29 is 24.5 Å². The van der Waals surface area contributed by atoms with Crippen LogP contribution in [0.15, 0.2) is 133 Å². The molecule has 2 heterocycles. The predicted octanol–water partition coefficient (Wildman–Crippen LogP) is 12.3. The number of piperazine rings is 2. The number of anilines is 2. The van der Waals surface area contributed by atoms with Crippen LogP contribution in [0.1, 0.15) is 77.8 Å². The Labute approximate surface area is 445 Å². The number of aliphatic hydroxyl groups excluding tert-OH is 2. The first-order valence-corrected chi connectivity index (χ1v) is 25.3. The van der Waals surface area contributed by atoms with Gasteiger partial charge in [0.2, 0.25) is 5.91 Å². The van der Waals surface area contributed by atoms with Crippen LogP contribution in [0, 0.1) is 6.57 Å². The highest BCUT2D eigenvalue weighted by Gasteiger charge is 2.32. The molecule has 6 aromatic carbocycles. The summed E-state index contributed by atoms with van der Waals surface area (Å²) in [6, 6.07) is 43.1. The summed E-state index contributed by atoms with van der Waals surface area (Å²) in [6.45, 7) is 18.9. The van der Waals surface area contributed by atoms with Crippen molar-refractivity contribution in [2.75, 3.05) is 88.6 Å². The van der Waals surface area contributed by atoms with Crippen molar-refractivity contribution in [2.24, 2.45) is 5.73 Å². The van der Waals surface area contributed by atoms with E-state index in [1.165, 1.54) is 22.3 Å². The maximum atomic E-state index is 11.4. The second-order valence-corrected chi connectivity index (χ2v) is 19.6. The van der Waals surface area contributed by atoms with Gasteiger partial charge in [0, 0.05) is 80.1 Å². The number of nitrogens with zero attached hydrogens (tertiary/aromatic N) is 5. The molecule has 2 aliphatic heterocycles. The van der Waals surface area contributed by atoms with Crippen LogP contribution in [0.3, 0.4) is 0 Å².